The van der Waals surface area contributed by atoms with Crippen LogP contribution in [0.2, 0.25) is 0 Å². The van der Waals surface area contributed by atoms with Gasteiger partial charge in [0, 0.05) is 20.3 Å². The summed E-state index contributed by atoms with van der Waals surface area (Å²) in [7, 11) is 1.70. The molecule has 0 fully saturated rings. The Bertz CT molecular complexity index is 351. The molecule has 0 bridgehead atoms. The molecule has 0 aliphatic carbocycles. The van der Waals surface area contributed by atoms with E-state index in [-0.39, 0.29) is 0 Å². The van der Waals surface area contributed by atoms with Gasteiger partial charge in [-0.25, -0.2) is 0 Å². The molecule has 3 nitrogen and oxygen atoms in total. The van der Waals surface area contributed by atoms with Crippen LogP contribution in [-0.2, 0) is 9.47 Å². The molecule has 0 saturated heterocycles. The summed E-state index contributed by atoms with van der Waals surface area (Å²) in [6.07, 6.45) is 3.43. The molecule has 1 unspecified atom stereocenters. The molecule has 1 aromatic rings. The van der Waals surface area contributed by atoms with Crippen molar-refractivity contribution in [3.63, 3.8) is 0 Å². The third kappa shape index (κ3) is 8.20. The van der Waals surface area contributed by atoms with E-state index in [2.05, 4.69) is 43.4 Å². The fourth-order valence-corrected chi connectivity index (χ4v) is 2.35. The second-order valence-electron chi connectivity index (χ2n) is 5.56. The molecule has 3 heteroatoms. The zero-order chi connectivity index (χ0) is 15.3. The summed E-state index contributed by atoms with van der Waals surface area (Å²) in [4.78, 5) is 0. The van der Waals surface area contributed by atoms with Gasteiger partial charge in [-0.3, -0.25) is 0 Å². The summed E-state index contributed by atoms with van der Waals surface area (Å²) < 4.78 is 10.5. The molecule has 1 rings (SSSR count). The second-order valence-corrected chi connectivity index (χ2v) is 5.56. The first-order valence-corrected chi connectivity index (χ1v) is 8.12. The van der Waals surface area contributed by atoms with E-state index >= 15 is 0 Å². The zero-order valence-corrected chi connectivity index (χ0v) is 13.9. The van der Waals surface area contributed by atoms with E-state index in [1.807, 2.05) is 0 Å². The standard InChI is InChI=1S/C18H31NO2/c1-4-11-19-15-18(6-5-12-21-14-13-20-3)17-9-7-16(2)8-10-17/h7-10,18-19H,4-6,11-15H2,1-3H3. The Hall–Kier alpha value is -0.900. The highest BCUT2D eigenvalue weighted by Crippen LogP contribution is 2.21. The number of rotatable bonds is 12. The number of nitrogens with one attached hydrogen (secondary N) is 1. The number of benzene rings is 1. The predicted octanol–water partition coefficient (Wildman–Crippen LogP) is 3.52. The van der Waals surface area contributed by atoms with E-state index in [1.54, 1.807) is 7.11 Å². The molecule has 1 aromatic carbocycles. The van der Waals surface area contributed by atoms with Crippen LogP contribution in [0.5, 0.6) is 0 Å². The van der Waals surface area contributed by atoms with Gasteiger partial charge in [-0.1, -0.05) is 36.8 Å². The van der Waals surface area contributed by atoms with Gasteiger partial charge >= 0.3 is 0 Å². The van der Waals surface area contributed by atoms with Crippen molar-refractivity contribution in [3.05, 3.63) is 35.4 Å². The van der Waals surface area contributed by atoms with E-state index < -0.39 is 0 Å². The zero-order valence-electron chi connectivity index (χ0n) is 13.9. The minimum atomic E-state index is 0.572. The van der Waals surface area contributed by atoms with Crippen molar-refractivity contribution in [2.45, 2.75) is 39.0 Å². The predicted molar refractivity (Wildman–Crippen MR) is 89.0 cm³/mol. The maximum absolute atomic E-state index is 5.56. The van der Waals surface area contributed by atoms with Crippen molar-refractivity contribution >= 4 is 0 Å². The van der Waals surface area contributed by atoms with E-state index in [0.717, 1.165) is 32.5 Å². The van der Waals surface area contributed by atoms with Crippen LogP contribution in [0.15, 0.2) is 24.3 Å². The van der Waals surface area contributed by atoms with Gasteiger partial charge in [0.05, 0.1) is 13.2 Å². The van der Waals surface area contributed by atoms with Gasteiger partial charge in [0.15, 0.2) is 0 Å². The Morgan fingerprint density at radius 1 is 1.10 bits per heavy atom. The van der Waals surface area contributed by atoms with Crippen molar-refractivity contribution in [2.75, 3.05) is 40.0 Å². The maximum atomic E-state index is 5.56. The van der Waals surface area contributed by atoms with Gasteiger partial charge < -0.3 is 14.8 Å². The largest absolute Gasteiger partial charge is 0.382 e. The molecule has 0 aliphatic heterocycles. The quantitative estimate of drug-likeness (QED) is 0.598. The van der Waals surface area contributed by atoms with Crippen molar-refractivity contribution in [2.24, 2.45) is 0 Å². The van der Waals surface area contributed by atoms with Gasteiger partial charge in [0.25, 0.3) is 0 Å². The molecule has 1 N–H and O–H groups in total. The maximum Gasteiger partial charge on any atom is 0.0700 e. The highest BCUT2D eigenvalue weighted by Gasteiger charge is 2.10. The van der Waals surface area contributed by atoms with Crippen molar-refractivity contribution in [1.29, 1.82) is 0 Å². The van der Waals surface area contributed by atoms with E-state index in [9.17, 15) is 0 Å². The molecule has 21 heavy (non-hydrogen) atoms. The number of methoxy groups -OCH3 is 1. The molecule has 0 amide bonds. The van der Waals surface area contributed by atoms with Crippen LogP contribution >= 0.6 is 0 Å². The summed E-state index contributed by atoms with van der Waals surface area (Å²) in [5, 5.41) is 3.55. The SMILES string of the molecule is CCCNCC(CCCOCCOC)c1ccc(C)cc1. The van der Waals surface area contributed by atoms with E-state index in [4.69, 9.17) is 9.47 Å². The summed E-state index contributed by atoms with van der Waals surface area (Å²) in [6.45, 7) is 8.68. The summed E-state index contributed by atoms with van der Waals surface area (Å²) in [5.74, 6) is 0.572. The Labute approximate surface area is 130 Å². The smallest absolute Gasteiger partial charge is 0.0700 e. The van der Waals surface area contributed by atoms with Crippen LogP contribution in [0.3, 0.4) is 0 Å². The number of ether oxygens (including phenoxy) is 2. The lowest BCUT2D eigenvalue weighted by Gasteiger charge is -2.18. The lowest BCUT2D eigenvalue weighted by atomic mass is 9.93. The summed E-state index contributed by atoms with van der Waals surface area (Å²) in [6, 6.07) is 8.94. The van der Waals surface area contributed by atoms with Crippen molar-refractivity contribution in [1.82, 2.24) is 5.32 Å². The third-order valence-electron chi connectivity index (χ3n) is 3.64. The van der Waals surface area contributed by atoms with Crippen LogP contribution < -0.4 is 5.32 Å². The molecule has 0 saturated carbocycles. The summed E-state index contributed by atoms with van der Waals surface area (Å²) >= 11 is 0. The molecule has 1 atom stereocenters. The van der Waals surface area contributed by atoms with Crippen LogP contribution in [0.25, 0.3) is 0 Å². The third-order valence-corrected chi connectivity index (χ3v) is 3.64. The van der Waals surface area contributed by atoms with Crippen LogP contribution in [-0.4, -0.2) is 40.0 Å². The average Bonchev–Trinajstić information content (AvgIpc) is 2.50. The van der Waals surface area contributed by atoms with Crippen LogP contribution in [0.1, 0.15) is 43.2 Å². The minimum Gasteiger partial charge on any atom is -0.382 e. The van der Waals surface area contributed by atoms with Crippen molar-refractivity contribution in [3.8, 4) is 0 Å². The molecule has 0 aromatic heterocycles. The summed E-state index contributed by atoms with van der Waals surface area (Å²) in [5.41, 5.74) is 2.75. The van der Waals surface area contributed by atoms with Gasteiger partial charge in [0.1, 0.15) is 0 Å². The lowest BCUT2D eigenvalue weighted by molar-refractivity contribution is 0.0681. The highest BCUT2D eigenvalue weighted by molar-refractivity contribution is 5.24. The molecule has 0 heterocycles. The Kier molecular flexibility index (Phi) is 10.1. The van der Waals surface area contributed by atoms with Crippen LogP contribution in [0, 0.1) is 6.92 Å². The topological polar surface area (TPSA) is 30.5 Å². The van der Waals surface area contributed by atoms with Crippen molar-refractivity contribution < 1.29 is 9.47 Å². The first-order chi connectivity index (χ1) is 10.3. The number of hydrogen-bond donors (Lipinski definition) is 1. The minimum absolute atomic E-state index is 0.572. The molecular weight excluding hydrogens is 262 g/mol. The molecule has 0 aliphatic rings. The van der Waals surface area contributed by atoms with Gasteiger partial charge in [-0.05, 0) is 44.2 Å². The highest BCUT2D eigenvalue weighted by atomic mass is 16.5. The lowest BCUT2D eigenvalue weighted by Crippen LogP contribution is -2.22. The number of hydrogen-bond acceptors (Lipinski definition) is 3. The number of aryl methyl sites for hydroxylation is 1. The Balaban J connectivity index is 2.39. The molecule has 120 valence electrons. The Morgan fingerprint density at radius 3 is 2.52 bits per heavy atom. The monoisotopic (exact) mass is 293 g/mol. The second kappa shape index (κ2) is 11.7. The molecule has 0 radical (unpaired) electrons. The van der Waals surface area contributed by atoms with Gasteiger partial charge in [-0.2, -0.15) is 0 Å². The fraction of sp³-hybridized carbons (Fsp3) is 0.667. The molecular formula is C18H31NO2. The fourth-order valence-electron chi connectivity index (χ4n) is 2.35. The van der Waals surface area contributed by atoms with E-state index in [0.29, 0.717) is 19.1 Å². The van der Waals surface area contributed by atoms with Crippen LogP contribution in [0.4, 0.5) is 0 Å². The Morgan fingerprint density at radius 2 is 1.86 bits per heavy atom. The first-order valence-electron chi connectivity index (χ1n) is 8.12. The average molecular weight is 293 g/mol. The van der Waals surface area contributed by atoms with Gasteiger partial charge in [0.2, 0.25) is 0 Å². The van der Waals surface area contributed by atoms with E-state index in [1.165, 1.54) is 17.5 Å². The van der Waals surface area contributed by atoms with Gasteiger partial charge in [-0.15, -0.1) is 0 Å². The molecule has 0 spiro atoms. The normalized spacial score (nSPS) is 12.5. The first kappa shape index (κ1) is 18.1.